The first-order valence-corrected chi connectivity index (χ1v) is 9.01. The number of nitrogens with one attached hydrogen (secondary N) is 1. The van der Waals surface area contributed by atoms with E-state index in [4.69, 9.17) is 21.1 Å². The van der Waals surface area contributed by atoms with Gasteiger partial charge in [-0.3, -0.25) is 4.79 Å². The summed E-state index contributed by atoms with van der Waals surface area (Å²) in [5, 5.41) is 7.87. The van der Waals surface area contributed by atoms with Gasteiger partial charge >= 0.3 is 0 Å². The molecule has 2 heterocycles. The molecule has 0 saturated carbocycles. The summed E-state index contributed by atoms with van der Waals surface area (Å²) in [7, 11) is 0. The van der Waals surface area contributed by atoms with Gasteiger partial charge in [-0.05, 0) is 43.3 Å². The summed E-state index contributed by atoms with van der Waals surface area (Å²) in [5.74, 6) is 1.10. The van der Waals surface area contributed by atoms with Crippen LogP contribution in [0, 0.1) is 6.92 Å². The average Bonchev–Trinajstić information content (AvgIpc) is 2.90. The van der Waals surface area contributed by atoms with Crippen molar-refractivity contribution in [3.05, 3.63) is 64.9 Å². The molecule has 1 aliphatic heterocycles. The van der Waals surface area contributed by atoms with Crippen LogP contribution in [-0.4, -0.2) is 28.9 Å². The first kappa shape index (κ1) is 17.4. The second kappa shape index (κ2) is 7.32. The Morgan fingerprint density at radius 2 is 1.85 bits per heavy atom. The van der Waals surface area contributed by atoms with Crippen LogP contribution in [0.3, 0.4) is 0 Å². The fourth-order valence-electron chi connectivity index (χ4n) is 2.91. The molecule has 138 valence electrons. The van der Waals surface area contributed by atoms with Crippen molar-refractivity contribution in [3.8, 4) is 17.2 Å². The van der Waals surface area contributed by atoms with Crippen molar-refractivity contribution in [2.45, 2.75) is 13.3 Å². The van der Waals surface area contributed by atoms with Crippen LogP contribution in [0.4, 0.5) is 5.69 Å². The fraction of sp³-hybridized carbons (Fsp3) is 0.200. The van der Waals surface area contributed by atoms with E-state index in [1.165, 1.54) is 0 Å². The minimum Gasteiger partial charge on any atom is -0.490 e. The third kappa shape index (κ3) is 3.61. The first-order chi connectivity index (χ1) is 13.1. The standard InChI is InChI=1S/C20H18ClN3O3/c1-13-17(12-22-24(13)16-6-3-14(21)4-7-16)20(25)23-15-5-8-18-19(11-15)27-10-2-9-26-18/h3-8,11-12H,2,9-10H2,1H3,(H,23,25). The summed E-state index contributed by atoms with van der Waals surface area (Å²) >= 11 is 5.93. The van der Waals surface area contributed by atoms with Crippen LogP contribution in [0.5, 0.6) is 11.5 Å². The van der Waals surface area contributed by atoms with Gasteiger partial charge in [0.1, 0.15) is 0 Å². The van der Waals surface area contributed by atoms with E-state index in [0.717, 1.165) is 17.8 Å². The molecule has 4 rings (SSSR count). The molecule has 6 nitrogen and oxygen atoms in total. The molecule has 0 aliphatic carbocycles. The van der Waals surface area contributed by atoms with Crippen LogP contribution in [0.15, 0.2) is 48.7 Å². The second-order valence-corrected chi connectivity index (χ2v) is 6.63. The topological polar surface area (TPSA) is 65.4 Å². The lowest BCUT2D eigenvalue weighted by molar-refractivity contribution is 0.102. The number of hydrogen-bond donors (Lipinski definition) is 1. The van der Waals surface area contributed by atoms with E-state index in [2.05, 4.69) is 10.4 Å². The number of nitrogens with zero attached hydrogens (tertiary/aromatic N) is 2. The number of amides is 1. The largest absolute Gasteiger partial charge is 0.490 e. The summed E-state index contributed by atoms with van der Waals surface area (Å²) < 4.78 is 13.0. The van der Waals surface area contributed by atoms with Gasteiger partial charge in [0, 0.05) is 23.2 Å². The van der Waals surface area contributed by atoms with Crippen molar-refractivity contribution in [1.29, 1.82) is 0 Å². The number of halogens is 1. The van der Waals surface area contributed by atoms with Crippen molar-refractivity contribution in [1.82, 2.24) is 9.78 Å². The van der Waals surface area contributed by atoms with Gasteiger partial charge in [0.05, 0.1) is 36.4 Å². The number of benzene rings is 2. The van der Waals surface area contributed by atoms with Crippen LogP contribution in [-0.2, 0) is 0 Å². The van der Waals surface area contributed by atoms with Crippen LogP contribution < -0.4 is 14.8 Å². The minimum atomic E-state index is -0.234. The highest BCUT2D eigenvalue weighted by molar-refractivity contribution is 6.30. The predicted octanol–water partition coefficient (Wildman–Crippen LogP) is 4.25. The van der Waals surface area contributed by atoms with E-state index in [-0.39, 0.29) is 5.91 Å². The van der Waals surface area contributed by atoms with Crippen LogP contribution >= 0.6 is 11.6 Å². The molecule has 1 amide bonds. The smallest absolute Gasteiger partial charge is 0.259 e. The third-order valence-electron chi connectivity index (χ3n) is 4.33. The van der Waals surface area contributed by atoms with Crippen LogP contribution in [0.2, 0.25) is 5.02 Å². The van der Waals surface area contributed by atoms with Crippen molar-refractivity contribution < 1.29 is 14.3 Å². The second-order valence-electron chi connectivity index (χ2n) is 6.20. The minimum absolute atomic E-state index is 0.234. The van der Waals surface area contributed by atoms with Crippen LogP contribution in [0.1, 0.15) is 22.5 Å². The predicted molar refractivity (Wildman–Crippen MR) is 103 cm³/mol. The number of hydrogen-bond acceptors (Lipinski definition) is 4. The first-order valence-electron chi connectivity index (χ1n) is 8.63. The molecule has 1 N–H and O–H groups in total. The molecule has 0 bridgehead atoms. The van der Waals surface area contributed by atoms with Gasteiger partial charge in [0.15, 0.2) is 11.5 Å². The number of carbonyl (C=O) groups is 1. The fourth-order valence-corrected chi connectivity index (χ4v) is 3.04. The normalized spacial score (nSPS) is 13.1. The highest BCUT2D eigenvalue weighted by atomic mass is 35.5. The molecule has 0 fully saturated rings. The number of carbonyl (C=O) groups excluding carboxylic acids is 1. The molecule has 2 aromatic carbocycles. The quantitative estimate of drug-likeness (QED) is 0.734. The van der Waals surface area contributed by atoms with Gasteiger partial charge in [-0.2, -0.15) is 5.10 Å². The number of aromatic nitrogens is 2. The molecule has 0 unspecified atom stereocenters. The van der Waals surface area contributed by atoms with Gasteiger partial charge < -0.3 is 14.8 Å². The zero-order valence-electron chi connectivity index (χ0n) is 14.7. The highest BCUT2D eigenvalue weighted by Gasteiger charge is 2.17. The Bertz CT molecular complexity index is 983. The molecule has 0 spiro atoms. The molecule has 7 heteroatoms. The molecule has 1 aromatic heterocycles. The molecular weight excluding hydrogens is 366 g/mol. The van der Waals surface area contributed by atoms with E-state index >= 15 is 0 Å². The maximum atomic E-state index is 12.7. The van der Waals surface area contributed by atoms with Gasteiger partial charge in [-0.1, -0.05) is 11.6 Å². The molecule has 0 radical (unpaired) electrons. The van der Waals surface area contributed by atoms with Gasteiger partial charge in [-0.15, -0.1) is 0 Å². The summed E-state index contributed by atoms with van der Waals surface area (Å²) in [6.07, 6.45) is 2.39. The zero-order valence-corrected chi connectivity index (χ0v) is 15.5. The van der Waals surface area contributed by atoms with Crippen molar-refractivity contribution >= 4 is 23.2 Å². The lowest BCUT2D eigenvalue weighted by atomic mass is 10.2. The molecule has 3 aromatic rings. The monoisotopic (exact) mass is 383 g/mol. The lowest BCUT2D eigenvalue weighted by Gasteiger charge is -2.10. The Morgan fingerprint density at radius 1 is 1.11 bits per heavy atom. The van der Waals surface area contributed by atoms with Crippen molar-refractivity contribution in [2.75, 3.05) is 18.5 Å². The van der Waals surface area contributed by atoms with E-state index in [1.54, 1.807) is 41.2 Å². The average molecular weight is 384 g/mol. The van der Waals surface area contributed by atoms with Crippen LogP contribution in [0.25, 0.3) is 5.69 Å². The molecule has 0 saturated heterocycles. The summed E-state index contributed by atoms with van der Waals surface area (Å²) in [4.78, 5) is 12.7. The number of ether oxygens (including phenoxy) is 2. The van der Waals surface area contributed by atoms with E-state index in [0.29, 0.717) is 41.0 Å². The summed E-state index contributed by atoms with van der Waals surface area (Å²) in [6, 6.07) is 12.7. The SMILES string of the molecule is Cc1c(C(=O)Nc2ccc3c(c2)OCCCO3)cnn1-c1ccc(Cl)cc1. The summed E-state index contributed by atoms with van der Waals surface area (Å²) in [5.41, 5.74) is 2.72. The Morgan fingerprint density at radius 3 is 2.63 bits per heavy atom. The van der Waals surface area contributed by atoms with Crippen molar-refractivity contribution in [3.63, 3.8) is 0 Å². The van der Waals surface area contributed by atoms with E-state index in [1.807, 2.05) is 19.1 Å². The Labute approximate surface area is 161 Å². The van der Waals surface area contributed by atoms with Gasteiger partial charge in [-0.25, -0.2) is 4.68 Å². The highest BCUT2D eigenvalue weighted by Crippen LogP contribution is 2.32. The Balaban J connectivity index is 1.55. The number of rotatable bonds is 3. The molecule has 0 atom stereocenters. The molecular formula is C20H18ClN3O3. The Kier molecular flexibility index (Phi) is 4.73. The van der Waals surface area contributed by atoms with Gasteiger partial charge in [0.25, 0.3) is 5.91 Å². The van der Waals surface area contributed by atoms with E-state index in [9.17, 15) is 4.79 Å². The number of fused-ring (bicyclic) bond motifs is 1. The third-order valence-corrected chi connectivity index (χ3v) is 4.58. The van der Waals surface area contributed by atoms with Gasteiger partial charge in [0.2, 0.25) is 0 Å². The molecule has 27 heavy (non-hydrogen) atoms. The molecule has 1 aliphatic rings. The summed E-state index contributed by atoms with van der Waals surface area (Å²) in [6.45, 7) is 3.07. The maximum absolute atomic E-state index is 12.7. The Hall–Kier alpha value is -2.99. The zero-order chi connectivity index (χ0) is 18.8. The van der Waals surface area contributed by atoms with Crippen molar-refractivity contribution in [2.24, 2.45) is 0 Å². The number of anilines is 1. The maximum Gasteiger partial charge on any atom is 0.259 e. The van der Waals surface area contributed by atoms with E-state index < -0.39 is 0 Å². The lowest BCUT2D eigenvalue weighted by Crippen LogP contribution is -2.13.